The Morgan fingerprint density at radius 2 is 1.39 bits per heavy atom. The molecular weight excluding hydrogens is 302 g/mol. The lowest BCUT2D eigenvalue weighted by Crippen LogP contribution is -3.09. The molecule has 3 rings (SSSR count). The molecule has 2 aromatic rings. The topological polar surface area (TPSA) is 4.44 Å². The zero-order valence-electron chi connectivity index (χ0n) is 13.3. The molecule has 1 saturated heterocycles. The predicted molar refractivity (Wildman–Crippen MR) is 92.5 cm³/mol. The maximum absolute atomic E-state index is 3.33. The highest BCUT2D eigenvalue weighted by atomic mass is 35.5. The summed E-state index contributed by atoms with van der Waals surface area (Å²) >= 11 is 0. The van der Waals surface area contributed by atoms with Crippen LogP contribution in [0, 0.1) is 11.8 Å². The lowest BCUT2D eigenvalue weighted by molar-refractivity contribution is -0.879. The van der Waals surface area contributed by atoms with E-state index in [-0.39, 0.29) is 12.4 Å². The van der Waals surface area contributed by atoms with Crippen LogP contribution in [0.25, 0.3) is 5.57 Å². The Hall–Kier alpha value is -2.01. The molecule has 0 radical (unpaired) electrons. The van der Waals surface area contributed by atoms with Crippen LogP contribution in [-0.4, -0.2) is 19.6 Å². The average molecular weight is 324 g/mol. The largest absolute Gasteiger partial charge is 1.00 e. The van der Waals surface area contributed by atoms with Gasteiger partial charge >= 0.3 is 0 Å². The molecule has 1 fully saturated rings. The fourth-order valence-electron chi connectivity index (χ4n) is 2.92. The summed E-state index contributed by atoms with van der Waals surface area (Å²) in [4.78, 5) is 1.63. The highest BCUT2D eigenvalue weighted by molar-refractivity contribution is 5.81. The van der Waals surface area contributed by atoms with Crippen molar-refractivity contribution < 1.29 is 17.3 Å². The Kier molecular flexibility index (Phi) is 6.94. The third kappa shape index (κ3) is 4.99. The van der Waals surface area contributed by atoms with E-state index in [4.69, 9.17) is 0 Å². The monoisotopic (exact) mass is 323 g/mol. The number of hydrogen-bond donors (Lipinski definition) is 1. The minimum atomic E-state index is 0. The number of rotatable bonds is 3. The number of hydrogen-bond acceptors (Lipinski definition) is 0. The van der Waals surface area contributed by atoms with Crippen LogP contribution in [-0.2, 0) is 0 Å². The van der Waals surface area contributed by atoms with E-state index in [1.165, 1.54) is 42.6 Å². The Bertz CT molecular complexity index is 633. The van der Waals surface area contributed by atoms with Crippen molar-refractivity contribution in [3.63, 3.8) is 0 Å². The first-order valence-corrected chi connectivity index (χ1v) is 8.06. The molecule has 0 aliphatic carbocycles. The minimum absolute atomic E-state index is 0. The third-order valence-corrected chi connectivity index (χ3v) is 4.14. The Labute approximate surface area is 145 Å². The Morgan fingerprint density at radius 1 is 0.870 bits per heavy atom. The molecule has 23 heavy (non-hydrogen) atoms. The van der Waals surface area contributed by atoms with E-state index in [2.05, 4.69) is 78.6 Å². The Balaban J connectivity index is 0.00000192. The minimum Gasteiger partial charge on any atom is -1.00 e. The van der Waals surface area contributed by atoms with Gasteiger partial charge in [-0.15, -0.1) is 0 Å². The van der Waals surface area contributed by atoms with Crippen molar-refractivity contribution in [1.82, 2.24) is 0 Å². The van der Waals surface area contributed by atoms with Gasteiger partial charge < -0.3 is 17.3 Å². The Morgan fingerprint density at radius 3 is 1.91 bits per heavy atom. The molecule has 0 amide bonds. The normalized spacial score (nSPS) is 13.6. The molecule has 118 valence electrons. The molecule has 2 aromatic carbocycles. The number of nitrogens with one attached hydrogen (secondary N) is 1. The standard InChI is InChI=1S/C21H21N.ClH/c1-3-11-19(12-4-1)21(20-13-5-2-6-14-20)15-7-8-16-22-17-9-10-18-22;/h1-6,11-15H,9-10,16-18H2;1H. The van der Waals surface area contributed by atoms with Gasteiger partial charge in [0.25, 0.3) is 0 Å². The number of benzene rings is 2. The molecule has 0 bridgehead atoms. The molecule has 1 N–H and O–H groups in total. The molecule has 0 spiro atoms. The van der Waals surface area contributed by atoms with E-state index < -0.39 is 0 Å². The highest BCUT2D eigenvalue weighted by Crippen LogP contribution is 2.22. The van der Waals surface area contributed by atoms with E-state index in [0.717, 1.165) is 6.54 Å². The first-order chi connectivity index (χ1) is 10.9. The molecule has 1 heterocycles. The second-order valence-electron chi connectivity index (χ2n) is 5.75. The van der Waals surface area contributed by atoms with Gasteiger partial charge in [0.15, 0.2) is 0 Å². The van der Waals surface area contributed by atoms with Gasteiger partial charge in [-0.3, -0.25) is 0 Å². The van der Waals surface area contributed by atoms with E-state index in [9.17, 15) is 0 Å². The van der Waals surface area contributed by atoms with Crippen LogP contribution in [0.15, 0.2) is 66.7 Å². The van der Waals surface area contributed by atoms with Crippen molar-refractivity contribution in [3.8, 4) is 11.8 Å². The first kappa shape index (κ1) is 17.3. The molecule has 1 aliphatic rings. The van der Waals surface area contributed by atoms with Crippen molar-refractivity contribution in [3.05, 3.63) is 77.9 Å². The van der Waals surface area contributed by atoms with Crippen LogP contribution in [0.3, 0.4) is 0 Å². The van der Waals surface area contributed by atoms with Crippen LogP contribution in [0.2, 0.25) is 0 Å². The van der Waals surface area contributed by atoms with Crippen molar-refractivity contribution in [2.45, 2.75) is 12.8 Å². The third-order valence-electron chi connectivity index (χ3n) is 4.14. The number of quaternary nitrogens is 1. The number of halogens is 1. The van der Waals surface area contributed by atoms with Crippen LogP contribution >= 0.6 is 0 Å². The molecule has 0 saturated carbocycles. The zero-order chi connectivity index (χ0) is 15.0. The number of allylic oxidation sites excluding steroid dienone is 1. The van der Waals surface area contributed by atoms with Crippen LogP contribution in [0.5, 0.6) is 0 Å². The van der Waals surface area contributed by atoms with Crippen molar-refractivity contribution >= 4 is 5.57 Å². The molecule has 1 aliphatic heterocycles. The molecule has 1 nitrogen and oxygen atoms in total. The predicted octanol–water partition coefficient (Wildman–Crippen LogP) is -0.196. The van der Waals surface area contributed by atoms with Crippen LogP contribution < -0.4 is 17.3 Å². The van der Waals surface area contributed by atoms with Gasteiger partial charge in [-0.1, -0.05) is 66.6 Å². The summed E-state index contributed by atoms with van der Waals surface area (Å²) in [5, 5.41) is 0. The van der Waals surface area contributed by atoms with Crippen molar-refractivity contribution in [2.75, 3.05) is 19.6 Å². The highest BCUT2D eigenvalue weighted by Gasteiger charge is 2.12. The summed E-state index contributed by atoms with van der Waals surface area (Å²) in [5.74, 6) is 6.61. The van der Waals surface area contributed by atoms with Crippen molar-refractivity contribution in [2.24, 2.45) is 0 Å². The average Bonchev–Trinajstić information content (AvgIpc) is 3.10. The molecule has 0 unspecified atom stereocenters. The summed E-state index contributed by atoms with van der Waals surface area (Å²) in [5.41, 5.74) is 3.64. The van der Waals surface area contributed by atoms with E-state index >= 15 is 0 Å². The van der Waals surface area contributed by atoms with Gasteiger partial charge in [0, 0.05) is 12.8 Å². The fraction of sp³-hybridized carbons (Fsp3) is 0.238. The second kappa shape index (κ2) is 9.20. The zero-order valence-corrected chi connectivity index (χ0v) is 14.0. The maximum atomic E-state index is 3.33. The smallest absolute Gasteiger partial charge is 0.139 e. The molecule has 0 atom stereocenters. The van der Waals surface area contributed by atoms with Crippen molar-refractivity contribution in [1.29, 1.82) is 0 Å². The molecule has 2 heteroatoms. The summed E-state index contributed by atoms with van der Waals surface area (Å²) in [7, 11) is 0. The summed E-state index contributed by atoms with van der Waals surface area (Å²) in [6.45, 7) is 3.53. The second-order valence-corrected chi connectivity index (χ2v) is 5.75. The van der Waals surface area contributed by atoms with Gasteiger partial charge in [0.1, 0.15) is 6.54 Å². The number of likely N-dealkylation sites (tertiary alicyclic amines) is 1. The summed E-state index contributed by atoms with van der Waals surface area (Å²) in [6.07, 6.45) is 4.78. The first-order valence-electron chi connectivity index (χ1n) is 8.06. The molecule has 0 aromatic heterocycles. The summed E-state index contributed by atoms with van der Waals surface area (Å²) in [6, 6.07) is 21.0. The van der Waals surface area contributed by atoms with Gasteiger partial charge in [-0.25, -0.2) is 0 Å². The lowest BCUT2D eigenvalue weighted by Gasteiger charge is -2.07. The summed E-state index contributed by atoms with van der Waals surface area (Å²) < 4.78 is 0. The van der Waals surface area contributed by atoms with Gasteiger partial charge in [0.05, 0.1) is 13.1 Å². The van der Waals surface area contributed by atoms with E-state index in [1.54, 1.807) is 4.90 Å². The fourth-order valence-corrected chi connectivity index (χ4v) is 2.92. The quantitative estimate of drug-likeness (QED) is 0.747. The van der Waals surface area contributed by atoms with Gasteiger partial charge in [-0.05, 0) is 28.7 Å². The van der Waals surface area contributed by atoms with E-state index in [0.29, 0.717) is 0 Å². The van der Waals surface area contributed by atoms with Crippen LogP contribution in [0.1, 0.15) is 24.0 Å². The van der Waals surface area contributed by atoms with E-state index in [1.807, 2.05) is 0 Å². The molecular formula is C21H22ClN. The SMILES string of the molecule is C(#CC[NH+]1CCCC1)C=C(c1ccccc1)c1ccccc1.[Cl-]. The maximum Gasteiger partial charge on any atom is 0.139 e. The van der Waals surface area contributed by atoms with Gasteiger partial charge in [0.2, 0.25) is 0 Å². The van der Waals surface area contributed by atoms with Gasteiger partial charge in [-0.2, -0.15) is 0 Å². The van der Waals surface area contributed by atoms with Crippen LogP contribution in [0.4, 0.5) is 0 Å². The lowest BCUT2D eigenvalue weighted by atomic mass is 9.98.